The van der Waals surface area contributed by atoms with E-state index in [2.05, 4.69) is 20.6 Å². The molecule has 1 aliphatic heterocycles. The van der Waals surface area contributed by atoms with Crippen LogP contribution in [-0.4, -0.2) is 67.4 Å². The average Bonchev–Trinajstić information content (AvgIpc) is 3.54. The molecule has 4 rings (SSSR count). The van der Waals surface area contributed by atoms with Gasteiger partial charge in [-0.25, -0.2) is 9.40 Å². The van der Waals surface area contributed by atoms with Gasteiger partial charge in [-0.3, -0.25) is 14.4 Å². The van der Waals surface area contributed by atoms with Gasteiger partial charge in [-0.1, -0.05) is 23.7 Å². The predicted octanol–water partition coefficient (Wildman–Crippen LogP) is 2.26. The number of tetrazole rings is 1. The summed E-state index contributed by atoms with van der Waals surface area (Å²) in [4.78, 5) is 39.7. The molecule has 0 radical (unpaired) electrons. The summed E-state index contributed by atoms with van der Waals surface area (Å²) < 4.78 is 14.7. The molecule has 0 unspecified atom stereocenters. The number of carbonyl (C=O) groups is 3. The van der Waals surface area contributed by atoms with Gasteiger partial charge in [0.05, 0.1) is 23.7 Å². The van der Waals surface area contributed by atoms with Gasteiger partial charge in [0.15, 0.2) is 0 Å². The zero-order valence-electron chi connectivity index (χ0n) is 18.3. The van der Waals surface area contributed by atoms with Crippen molar-refractivity contribution < 1.29 is 23.9 Å². The van der Waals surface area contributed by atoms with Gasteiger partial charge in [0.1, 0.15) is 18.2 Å². The number of likely N-dealkylation sites (N-methyl/N-ethyl adjacent to an activating group) is 1. The molecule has 3 aromatic rings. The lowest BCUT2D eigenvalue weighted by Gasteiger charge is -2.29. The zero-order chi connectivity index (χ0) is 25.1. The van der Waals surface area contributed by atoms with Crippen LogP contribution < -0.4 is 4.90 Å². The number of rotatable bonds is 7. The third-order valence-corrected chi connectivity index (χ3v) is 5.75. The highest BCUT2D eigenvalue weighted by Gasteiger charge is 2.39. The lowest BCUT2D eigenvalue weighted by molar-refractivity contribution is -0.144. The molecule has 0 spiro atoms. The molecule has 0 saturated carbocycles. The summed E-state index contributed by atoms with van der Waals surface area (Å²) >= 11 is 6.16. The number of benzene rings is 2. The number of nitrogens with zero attached hydrogens (tertiary/aromatic N) is 7. The van der Waals surface area contributed by atoms with E-state index >= 15 is 0 Å². The van der Waals surface area contributed by atoms with Gasteiger partial charge in [-0.05, 0) is 46.3 Å². The molecule has 13 heteroatoms. The molecule has 2 heterocycles. The topological polar surface area (TPSA) is 134 Å². The fourth-order valence-electron chi connectivity index (χ4n) is 3.78. The van der Waals surface area contributed by atoms with Crippen molar-refractivity contribution in [2.45, 2.75) is 24.8 Å². The van der Waals surface area contributed by atoms with Crippen LogP contribution in [0.3, 0.4) is 0 Å². The van der Waals surface area contributed by atoms with Crippen LogP contribution in [0.25, 0.3) is 5.69 Å². The quantitative estimate of drug-likeness (QED) is 0.527. The maximum atomic E-state index is 13.5. The van der Waals surface area contributed by atoms with Gasteiger partial charge in [-0.15, -0.1) is 5.10 Å². The summed E-state index contributed by atoms with van der Waals surface area (Å²) in [5.74, 6) is -4.08. The summed E-state index contributed by atoms with van der Waals surface area (Å²) in [5, 5.41) is 25.8. The van der Waals surface area contributed by atoms with Crippen LogP contribution in [0.1, 0.15) is 24.3 Å². The Balaban J connectivity index is 1.63. The van der Waals surface area contributed by atoms with Crippen molar-refractivity contribution >= 4 is 41.3 Å². The van der Waals surface area contributed by atoms with E-state index in [4.69, 9.17) is 11.6 Å². The molecular weight excluding hydrogens is 481 g/mol. The fourth-order valence-corrected chi connectivity index (χ4v) is 3.95. The van der Waals surface area contributed by atoms with Crippen molar-refractivity contribution in [3.05, 3.63) is 65.2 Å². The number of aromatic nitrogens is 4. The molecule has 11 nitrogen and oxygen atoms in total. The number of carboxylic acids is 1. The number of carboxylic acid groups (broad SMARTS) is 1. The molecule has 180 valence electrons. The maximum absolute atomic E-state index is 13.5. The minimum Gasteiger partial charge on any atom is -0.481 e. The lowest BCUT2D eigenvalue weighted by Crippen LogP contribution is -2.47. The molecule has 1 N–H and O–H groups in total. The first kappa shape index (κ1) is 24.0. The first-order valence-electron chi connectivity index (χ1n) is 10.4. The van der Waals surface area contributed by atoms with Crippen molar-refractivity contribution in [1.82, 2.24) is 25.2 Å². The van der Waals surface area contributed by atoms with Gasteiger partial charge < -0.3 is 10.0 Å². The molecule has 0 bridgehead atoms. The Morgan fingerprint density at radius 2 is 1.97 bits per heavy atom. The van der Waals surface area contributed by atoms with Crippen molar-refractivity contribution in [3.63, 3.8) is 0 Å². The molecule has 2 amide bonds. The summed E-state index contributed by atoms with van der Waals surface area (Å²) in [5.41, 5.74) is 1.16. The number of halogens is 2. The fraction of sp³-hybridized carbons (Fsp3) is 0.227. The van der Waals surface area contributed by atoms with E-state index in [-0.39, 0.29) is 6.42 Å². The van der Waals surface area contributed by atoms with Gasteiger partial charge >= 0.3 is 5.97 Å². The smallest absolute Gasteiger partial charge is 0.304 e. The molecule has 1 aromatic heterocycles. The number of hydrazone groups is 1. The molecule has 2 aromatic carbocycles. The maximum Gasteiger partial charge on any atom is 0.304 e. The van der Waals surface area contributed by atoms with Gasteiger partial charge in [0.25, 0.3) is 11.8 Å². The van der Waals surface area contributed by atoms with Crippen LogP contribution in [0, 0.1) is 5.82 Å². The minimum atomic E-state index is -1.22. The van der Waals surface area contributed by atoms with Crippen molar-refractivity contribution in [2.24, 2.45) is 5.10 Å². The Morgan fingerprint density at radius 1 is 1.23 bits per heavy atom. The number of anilines is 1. The summed E-state index contributed by atoms with van der Waals surface area (Å²) in [6.45, 7) is 0. The number of aliphatic carboxylic acids is 1. The highest BCUT2D eigenvalue weighted by atomic mass is 35.5. The van der Waals surface area contributed by atoms with E-state index in [1.54, 1.807) is 18.2 Å². The number of amides is 2. The summed E-state index contributed by atoms with van der Waals surface area (Å²) in [7, 11) is 1.51. The Kier molecular flexibility index (Phi) is 6.82. The first-order valence-corrected chi connectivity index (χ1v) is 10.8. The van der Waals surface area contributed by atoms with Crippen molar-refractivity contribution in [2.75, 3.05) is 11.9 Å². The van der Waals surface area contributed by atoms with E-state index in [1.807, 2.05) is 0 Å². The van der Waals surface area contributed by atoms with Crippen LogP contribution in [-0.2, 0) is 14.4 Å². The van der Waals surface area contributed by atoms with E-state index < -0.39 is 42.0 Å². The molecule has 2 atom stereocenters. The zero-order valence-corrected chi connectivity index (χ0v) is 19.1. The first-order chi connectivity index (χ1) is 16.8. The monoisotopic (exact) mass is 499 g/mol. The highest BCUT2D eigenvalue weighted by molar-refractivity contribution is 6.31. The summed E-state index contributed by atoms with van der Waals surface area (Å²) in [6, 6.07) is 8.76. The highest BCUT2D eigenvalue weighted by Crippen LogP contribution is 2.30. The molecule has 35 heavy (non-hydrogen) atoms. The molecular formula is C22H19ClFN7O4. The van der Waals surface area contributed by atoms with Crippen LogP contribution >= 0.6 is 11.6 Å². The third kappa shape index (κ3) is 5.01. The second kappa shape index (κ2) is 9.97. The standard InChI is InChI=1S/C22H19ClFN7O4/c1-29(19-10-14(23)4-7-17(19)30-12-25-27-28-30)22(35)18-8-9-26-31(18)21(34)16(11-20(32)33)13-2-5-15(24)6-3-13/h2-7,9-10,12,16,18H,8,11H2,1H3,(H,32,33)/t16-,18+/m1/s1. The van der Waals surface area contributed by atoms with Crippen LogP contribution in [0.5, 0.6) is 0 Å². The molecule has 0 aliphatic carbocycles. The third-order valence-electron chi connectivity index (χ3n) is 5.52. The van der Waals surface area contributed by atoms with Crippen molar-refractivity contribution in [3.8, 4) is 5.69 Å². The predicted molar refractivity (Wildman–Crippen MR) is 123 cm³/mol. The Labute approximate surface area is 203 Å². The second-order valence-corrected chi connectivity index (χ2v) is 8.16. The van der Waals surface area contributed by atoms with Crippen molar-refractivity contribution in [1.29, 1.82) is 0 Å². The number of hydrogen-bond donors (Lipinski definition) is 1. The van der Waals surface area contributed by atoms with E-state index in [1.165, 1.54) is 41.3 Å². The number of hydrogen-bond acceptors (Lipinski definition) is 7. The SMILES string of the molecule is CN(C(=O)[C@@H]1CC=NN1C(=O)[C@H](CC(=O)O)c1ccc(F)cc1)c1cc(Cl)ccc1-n1cnnn1. The van der Waals surface area contributed by atoms with Crippen LogP contribution in [0.15, 0.2) is 53.9 Å². The van der Waals surface area contributed by atoms with Crippen LogP contribution in [0.4, 0.5) is 10.1 Å². The normalized spacial score (nSPS) is 15.7. The van der Waals surface area contributed by atoms with E-state index in [0.717, 1.165) is 17.1 Å². The molecule has 0 saturated heterocycles. The molecule has 0 fully saturated rings. The Morgan fingerprint density at radius 3 is 2.63 bits per heavy atom. The Bertz CT molecular complexity index is 1280. The average molecular weight is 500 g/mol. The van der Waals surface area contributed by atoms with Gasteiger partial charge in [0, 0.05) is 24.7 Å². The largest absolute Gasteiger partial charge is 0.481 e. The van der Waals surface area contributed by atoms with Gasteiger partial charge in [0.2, 0.25) is 0 Å². The summed E-state index contributed by atoms with van der Waals surface area (Å²) in [6.07, 6.45) is 2.35. The lowest BCUT2D eigenvalue weighted by atomic mass is 9.94. The van der Waals surface area contributed by atoms with E-state index in [9.17, 15) is 23.9 Å². The number of carbonyl (C=O) groups excluding carboxylic acids is 2. The van der Waals surface area contributed by atoms with Gasteiger partial charge in [-0.2, -0.15) is 9.78 Å². The molecule has 1 aliphatic rings. The minimum absolute atomic E-state index is 0.124. The van der Waals surface area contributed by atoms with Crippen LogP contribution in [0.2, 0.25) is 5.02 Å². The second-order valence-electron chi connectivity index (χ2n) is 7.72. The Hall–Kier alpha value is -4.19. The van der Waals surface area contributed by atoms with E-state index in [0.29, 0.717) is 22.0 Å².